The van der Waals surface area contributed by atoms with Crippen LogP contribution in [0.1, 0.15) is 25.8 Å². The Morgan fingerprint density at radius 1 is 1.42 bits per heavy atom. The summed E-state index contributed by atoms with van der Waals surface area (Å²) in [6.07, 6.45) is 0.403. The van der Waals surface area contributed by atoms with E-state index in [1.54, 1.807) is 0 Å². The first-order valence-electron chi connectivity index (χ1n) is 6.82. The van der Waals surface area contributed by atoms with Crippen molar-refractivity contribution in [3.63, 3.8) is 0 Å². The molecule has 104 valence electrons. The Labute approximate surface area is 114 Å². The van der Waals surface area contributed by atoms with Crippen molar-refractivity contribution < 1.29 is 9.53 Å². The van der Waals surface area contributed by atoms with E-state index < -0.39 is 0 Å². The van der Waals surface area contributed by atoms with Gasteiger partial charge in [-0.25, -0.2) is 0 Å². The van der Waals surface area contributed by atoms with Crippen LogP contribution in [0.4, 0.5) is 0 Å². The van der Waals surface area contributed by atoms with Crippen LogP contribution in [0.2, 0.25) is 0 Å². The van der Waals surface area contributed by atoms with Crippen molar-refractivity contribution in [2.75, 3.05) is 13.2 Å². The van der Waals surface area contributed by atoms with Gasteiger partial charge in [0, 0.05) is 24.6 Å². The first kappa shape index (κ1) is 13.9. The van der Waals surface area contributed by atoms with Gasteiger partial charge in [0.05, 0.1) is 6.54 Å². The zero-order valence-corrected chi connectivity index (χ0v) is 11.6. The smallest absolute Gasteiger partial charge is 0.224 e. The molecule has 1 unspecified atom stereocenters. The second-order valence-electron chi connectivity index (χ2n) is 5.38. The predicted molar refractivity (Wildman–Crippen MR) is 74.8 cm³/mol. The molecule has 0 saturated carbocycles. The fourth-order valence-electron chi connectivity index (χ4n) is 2.11. The van der Waals surface area contributed by atoms with Crippen molar-refractivity contribution in [3.05, 3.63) is 29.8 Å². The zero-order chi connectivity index (χ0) is 13.8. The maximum absolute atomic E-state index is 12.3. The molecule has 4 heteroatoms. The van der Waals surface area contributed by atoms with E-state index in [2.05, 4.69) is 0 Å². The number of carbonyl (C=O) groups excluding carboxylic acids is 1. The van der Waals surface area contributed by atoms with E-state index in [0.717, 1.165) is 11.3 Å². The summed E-state index contributed by atoms with van der Waals surface area (Å²) in [5, 5.41) is 0. The summed E-state index contributed by atoms with van der Waals surface area (Å²) in [6.45, 7) is 5.86. The van der Waals surface area contributed by atoms with Gasteiger partial charge in [-0.2, -0.15) is 0 Å². The van der Waals surface area contributed by atoms with Crippen LogP contribution < -0.4 is 10.5 Å². The highest BCUT2D eigenvalue weighted by molar-refractivity contribution is 5.77. The molecule has 0 aromatic heterocycles. The number of nitrogens with zero attached hydrogens (tertiary/aromatic N) is 1. The minimum absolute atomic E-state index is 0.0769. The summed E-state index contributed by atoms with van der Waals surface area (Å²) in [7, 11) is 0. The highest BCUT2D eigenvalue weighted by Crippen LogP contribution is 2.23. The molecular weight excluding hydrogens is 240 g/mol. The van der Waals surface area contributed by atoms with E-state index in [1.807, 2.05) is 43.0 Å². The van der Waals surface area contributed by atoms with Crippen molar-refractivity contribution in [1.82, 2.24) is 4.90 Å². The molecule has 1 aliphatic heterocycles. The normalized spacial score (nSPS) is 16.5. The number of hydrogen-bond donors (Lipinski definition) is 1. The minimum atomic E-state index is -0.0769. The molecule has 0 fully saturated rings. The first-order chi connectivity index (χ1) is 9.08. The van der Waals surface area contributed by atoms with Crippen LogP contribution in [0.25, 0.3) is 0 Å². The largest absolute Gasteiger partial charge is 0.491 e. The second-order valence-corrected chi connectivity index (χ2v) is 5.38. The number of amides is 1. The van der Waals surface area contributed by atoms with Crippen LogP contribution in [-0.4, -0.2) is 30.0 Å². The van der Waals surface area contributed by atoms with Gasteiger partial charge in [0.1, 0.15) is 12.4 Å². The van der Waals surface area contributed by atoms with Gasteiger partial charge in [-0.05, 0) is 12.0 Å². The van der Waals surface area contributed by atoms with E-state index in [9.17, 15) is 4.79 Å². The summed E-state index contributed by atoms with van der Waals surface area (Å²) in [6, 6.07) is 7.79. The number of hydrogen-bond acceptors (Lipinski definition) is 3. The van der Waals surface area contributed by atoms with Crippen LogP contribution in [-0.2, 0) is 11.3 Å². The molecule has 1 atom stereocenters. The Morgan fingerprint density at radius 3 is 2.89 bits per heavy atom. The van der Waals surface area contributed by atoms with Gasteiger partial charge in [0.2, 0.25) is 5.91 Å². The van der Waals surface area contributed by atoms with Gasteiger partial charge in [-0.15, -0.1) is 0 Å². The highest BCUT2D eigenvalue weighted by atomic mass is 16.5. The molecule has 1 heterocycles. The number of carbonyl (C=O) groups is 1. The number of rotatable bonds is 3. The van der Waals surface area contributed by atoms with Gasteiger partial charge in [-0.1, -0.05) is 32.0 Å². The summed E-state index contributed by atoms with van der Waals surface area (Å²) in [4.78, 5) is 14.1. The molecular formula is C15H22N2O2. The Bertz CT molecular complexity index is 446. The van der Waals surface area contributed by atoms with Gasteiger partial charge in [-0.3, -0.25) is 4.79 Å². The summed E-state index contributed by atoms with van der Waals surface area (Å²) in [5.41, 5.74) is 7.04. The van der Waals surface area contributed by atoms with Gasteiger partial charge < -0.3 is 15.4 Å². The Morgan fingerprint density at radius 2 is 2.16 bits per heavy atom. The van der Waals surface area contributed by atoms with Gasteiger partial charge >= 0.3 is 0 Å². The molecule has 0 aliphatic carbocycles. The summed E-state index contributed by atoms with van der Waals surface area (Å²) >= 11 is 0. The molecule has 2 N–H and O–H groups in total. The number of para-hydroxylation sites is 1. The molecule has 2 rings (SSSR count). The summed E-state index contributed by atoms with van der Waals surface area (Å²) in [5.74, 6) is 1.31. The molecule has 1 aliphatic rings. The number of ether oxygens (including phenoxy) is 1. The second kappa shape index (κ2) is 6.06. The molecule has 1 aromatic rings. The van der Waals surface area contributed by atoms with Crippen molar-refractivity contribution in [3.8, 4) is 5.75 Å². The number of fused-ring (bicyclic) bond motifs is 1. The van der Waals surface area contributed by atoms with Gasteiger partial charge in [0.25, 0.3) is 0 Å². The lowest BCUT2D eigenvalue weighted by atomic mass is 10.0. The third-order valence-corrected chi connectivity index (χ3v) is 3.57. The predicted octanol–water partition coefficient (Wildman–Crippen LogP) is 1.78. The Balaban J connectivity index is 2.04. The van der Waals surface area contributed by atoms with Crippen LogP contribution in [0, 0.1) is 5.92 Å². The number of nitrogens with two attached hydrogens (primary N) is 1. The molecule has 0 bridgehead atoms. The maximum Gasteiger partial charge on any atom is 0.224 e. The molecule has 0 radical (unpaired) electrons. The average molecular weight is 262 g/mol. The van der Waals surface area contributed by atoms with Crippen LogP contribution in [0.5, 0.6) is 5.75 Å². The lowest BCUT2D eigenvalue weighted by Gasteiger charge is -2.23. The van der Waals surface area contributed by atoms with E-state index >= 15 is 0 Å². The van der Waals surface area contributed by atoms with Crippen molar-refractivity contribution >= 4 is 5.91 Å². The zero-order valence-electron chi connectivity index (χ0n) is 11.6. The third-order valence-electron chi connectivity index (χ3n) is 3.57. The standard InChI is InChI=1S/C15H22N2O2/c1-11(2)13(16)9-15(18)17-7-8-19-14-6-4-3-5-12(14)10-17/h3-6,11,13H,7-10,16H2,1-2H3. The minimum Gasteiger partial charge on any atom is -0.491 e. The maximum atomic E-state index is 12.3. The van der Waals surface area contributed by atoms with Crippen LogP contribution in [0.3, 0.4) is 0 Å². The van der Waals surface area contributed by atoms with E-state index in [-0.39, 0.29) is 11.9 Å². The van der Waals surface area contributed by atoms with Crippen LogP contribution >= 0.6 is 0 Å². The molecule has 1 amide bonds. The lowest BCUT2D eigenvalue weighted by Crippen LogP contribution is -2.38. The number of benzene rings is 1. The first-order valence-corrected chi connectivity index (χ1v) is 6.82. The molecule has 19 heavy (non-hydrogen) atoms. The molecule has 1 aromatic carbocycles. The van der Waals surface area contributed by atoms with E-state index in [1.165, 1.54) is 0 Å². The highest BCUT2D eigenvalue weighted by Gasteiger charge is 2.22. The Kier molecular flexibility index (Phi) is 4.43. The van der Waals surface area contributed by atoms with E-state index in [0.29, 0.717) is 32.0 Å². The van der Waals surface area contributed by atoms with Crippen molar-refractivity contribution in [2.24, 2.45) is 11.7 Å². The molecule has 4 nitrogen and oxygen atoms in total. The monoisotopic (exact) mass is 262 g/mol. The SMILES string of the molecule is CC(C)C(N)CC(=O)N1CCOc2ccccc2C1. The fourth-order valence-corrected chi connectivity index (χ4v) is 2.11. The van der Waals surface area contributed by atoms with Crippen LogP contribution in [0.15, 0.2) is 24.3 Å². The lowest BCUT2D eigenvalue weighted by molar-refractivity contribution is -0.132. The third kappa shape index (κ3) is 3.47. The van der Waals surface area contributed by atoms with Crippen molar-refractivity contribution in [2.45, 2.75) is 32.9 Å². The molecule has 0 saturated heterocycles. The van der Waals surface area contributed by atoms with Gasteiger partial charge in [0.15, 0.2) is 0 Å². The van der Waals surface area contributed by atoms with E-state index in [4.69, 9.17) is 10.5 Å². The fraction of sp³-hybridized carbons (Fsp3) is 0.533. The quantitative estimate of drug-likeness (QED) is 0.903. The Hall–Kier alpha value is -1.55. The summed E-state index contributed by atoms with van der Waals surface area (Å²) < 4.78 is 5.66. The van der Waals surface area contributed by atoms with Crippen molar-refractivity contribution in [1.29, 1.82) is 0 Å². The topological polar surface area (TPSA) is 55.6 Å². The molecule has 0 spiro atoms. The average Bonchev–Trinajstić information content (AvgIpc) is 2.60.